The lowest BCUT2D eigenvalue weighted by Gasteiger charge is -2.18. The minimum Gasteiger partial charge on any atom is -0.479 e. The average Bonchev–Trinajstić information content (AvgIpc) is 3.24. The smallest absolute Gasteiger partial charge is 0.340 e. The number of ether oxygens (including phenoxy) is 2. The summed E-state index contributed by atoms with van der Waals surface area (Å²) in [5.74, 6) is 8.97. The van der Waals surface area contributed by atoms with Crippen molar-refractivity contribution in [2.24, 2.45) is 16.8 Å². The molecule has 13 nitrogen and oxygen atoms in total. The molecule has 1 saturated heterocycles. The molecule has 0 spiro atoms. The number of nitrogens with two attached hydrogens (primary N) is 3. The quantitative estimate of drug-likeness (QED) is 0.130. The lowest BCUT2D eigenvalue weighted by Crippen LogP contribution is -2.46. The summed E-state index contributed by atoms with van der Waals surface area (Å²) in [7, 11) is 0. The van der Waals surface area contributed by atoms with E-state index in [4.69, 9.17) is 38.5 Å². The first kappa shape index (κ1) is 19.0. The van der Waals surface area contributed by atoms with Crippen molar-refractivity contribution in [3.05, 3.63) is 11.6 Å². The van der Waals surface area contributed by atoms with E-state index in [0.717, 1.165) is 0 Å². The van der Waals surface area contributed by atoms with Crippen molar-refractivity contribution < 1.29 is 19.4 Å². The fourth-order valence-electron chi connectivity index (χ4n) is 2.79. The van der Waals surface area contributed by atoms with E-state index >= 15 is 0 Å². The van der Waals surface area contributed by atoms with Crippen molar-refractivity contribution in [2.45, 2.75) is 31.3 Å². The fraction of sp³-hybridized carbons (Fsp3) is 0.462. The van der Waals surface area contributed by atoms with Gasteiger partial charge in [-0.3, -0.25) is 4.57 Å². The highest BCUT2D eigenvalue weighted by molar-refractivity contribution is 6.28. The summed E-state index contributed by atoms with van der Waals surface area (Å²) >= 11 is 5.86. The molecule has 27 heavy (non-hydrogen) atoms. The number of aromatic nitrogens is 4. The second-order valence-electron chi connectivity index (χ2n) is 5.70. The van der Waals surface area contributed by atoms with Crippen LogP contribution in [0, 0.1) is 0 Å². The summed E-state index contributed by atoms with van der Waals surface area (Å²) < 4.78 is 13.0. The number of carboxylic acid groups (broad SMARTS) is 1. The number of imidazole rings is 1. The molecule has 2 aromatic rings. The number of hydrogen-bond donors (Lipinski definition) is 5. The highest BCUT2D eigenvalue weighted by Gasteiger charge is 2.31. The highest BCUT2D eigenvalue weighted by atomic mass is 35.5. The number of anilines is 1. The first-order valence-electron chi connectivity index (χ1n) is 7.84. The standard InChI is InChI=1S/C13H18ClN9O4/c14-13-19-9(15)7-11(20-13)23(4-18-7)6-2-1-5(27-6)3-26-8(12(24)25)10(21-16)22-17/h4-6,8H,1-3,16-17H2,(H,21,22)(H,24,25)(H2,15,19,20). The van der Waals surface area contributed by atoms with Crippen molar-refractivity contribution >= 4 is 40.4 Å². The molecular formula is C13H18ClN9O4. The predicted molar refractivity (Wildman–Crippen MR) is 94.2 cm³/mol. The number of hydrazone groups is 1. The molecule has 0 radical (unpaired) electrons. The number of fused-ring (bicyclic) bond motifs is 1. The number of aliphatic carboxylic acids is 1. The first-order chi connectivity index (χ1) is 12.9. The number of carbonyl (C=O) groups is 1. The number of nitrogens with zero attached hydrogens (tertiary/aromatic N) is 5. The molecule has 3 heterocycles. The maximum Gasteiger partial charge on any atom is 0.340 e. The molecule has 3 atom stereocenters. The molecule has 14 heteroatoms. The number of amidine groups is 1. The van der Waals surface area contributed by atoms with E-state index in [2.05, 4.69) is 25.5 Å². The Morgan fingerprint density at radius 1 is 1.56 bits per heavy atom. The molecule has 1 fully saturated rings. The molecule has 146 valence electrons. The van der Waals surface area contributed by atoms with Crippen LogP contribution in [0.1, 0.15) is 19.1 Å². The lowest BCUT2D eigenvalue weighted by molar-refractivity contribution is -0.148. The molecule has 1 aliphatic rings. The zero-order valence-electron chi connectivity index (χ0n) is 13.9. The van der Waals surface area contributed by atoms with Gasteiger partial charge in [0.05, 0.1) is 19.0 Å². The van der Waals surface area contributed by atoms with Crippen LogP contribution in [0.4, 0.5) is 5.82 Å². The van der Waals surface area contributed by atoms with Crippen LogP contribution >= 0.6 is 11.6 Å². The molecule has 0 bridgehead atoms. The van der Waals surface area contributed by atoms with Gasteiger partial charge in [0.2, 0.25) is 11.4 Å². The third kappa shape index (κ3) is 3.85. The molecule has 0 aliphatic carbocycles. The first-order valence-corrected chi connectivity index (χ1v) is 8.22. The Kier molecular flexibility index (Phi) is 5.55. The number of hydrogen-bond acceptors (Lipinski definition) is 10. The summed E-state index contributed by atoms with van der Waals surface area (Å²) in [6.07, 6.45) is 0.621. The van der Waals surface area contributed by atoms with Gasteiger partial charge in [0.15, 0.2) is 17.3 Å². The summed E-state index contributed by atoms with van der Waals surface area (Å²) in [5.41, 5.74) is 8.77. The van der Waals surface area contributed by atoms with E-state index in [1.807, 2.05) is 0 Å². The largest absolute Gasteiger partial charge is 0.479 e. The van der Waals surface area contributed by atoms with E-state index in [0.29, 0.717) is 24.0 Å². The molecule has 0 amide bonds. The molecule has 3 rings (SSSR count). The Bertz CT molecular complexity index is 873. The Balaban J connectivity index is 1.68. The van der Waals surface area contributed by atoms with Crippen LogP contribution in [0.15, 0.2) is 11.4 Å². The molecule has 8 N–H and O–H groups in total. The topological polar surface area (TPSA) is 202 Å². The van der Waals surface area contributed by atoms with E-state index in [1.54, 1.807) is 4.57 Å². The minimum atomic E-state index is -1.43. The molecule has 1 aliphatic heterocycles. The number of rotatable bonds is 6. The van der Waals surface area contributed by atoms with Crippen LogP contribution in [0.25, 0.3) is 11.2 Å². The van der Waals surface area contributed by atoms with Crippen molar-refractivity contribution in [1.29, 1.82) is 0 Å². The van der Waals surface area contributed by atoms with Gasteiger partial charge in [0.25, 0.3) is 0 Å². The van der Waals surface area contributed by atoms with Crippen LogP contribution in [-0.4, -0.2) is 55.2 Å². The molecule has 0 saturated carbocycles. The van der Waals surface area contributed by atoms with Gasteiger partial charge in [0, 0.05) is 0 Å². The van der Waals surface area contributed by atoms with Gasteiger partial charge >= 0.3 is 5.97 Å². The minimum absolute atomic E-state index is 0.00131. The third-order valence-corrected chi connectivity index (χ3v) is 4.19. The molecule has 0 aromatic carbocycles. The van der Waals surface area contributed by atoms with Crippen molar-refractivity contribution in [1.82, 2.24) is 24.9 Å². The Morgan fingerprint density at radius 3 is 3.00 bits per heavy atom. The number of halogens is 1. The van der Waals surface area contributed by atoms with E-state index in [-0.39, 0.29) is 35.9 Å². The van der Waals surface area contributed by atoms with Crippen LogP contribution in [0.3, 0.4) is 0 Å². The second kappa shape index (κ2) is 7.87. The Hall–Kier alpha value is -2.74. The van der Waals surface area contributed by atoms with Gasteiger partial charge in [0.1, 0.15) is 11.7 Å². The monoisotopic (exact) mass is 399 g/mol. The highest BCUT2D eigenvalue weighted by Crippen LogP contribution is 2.31. The van der Waals surface area contributed by atoms with Gasteiger partial charge in [-0.2, -0.15) is 15.1 Å². The Morgan fingerprint density at radius 2 is 2.33 bits per heavy atom. The number of carboxylic acids is 1. The van der Waals surface area contributed by atoms with Crippen molar-refractivity contribution in [2.75, 3.05) is 12.3 Å². The normalized spacial score (nSPS) is 21.5. The zero-order valence-corrected chi connectivity index (χ0v) is 14.7. The van der Waals surface area contributed by atoms with Gasteiger partial charge < -0.3 is 31.6 Å². The number of nitrogens with one attached hydrogen (secondary N) is 1. The van der Waals surface area contributed by atoms with Gasteiger partial charge in [-0.15, -0.1) is 0 Å². The van der Waals surface area contributed by atoms with Crippen LogP contribution in [0.2, 0.25) is 5.28 Å². The predicted octanol–water partition coefficient (Wildman–Crippen LogP) is -1.06. The summed E-state index contributed by atoms with van der Waals surface area (Å²) in [4.78, 5) is 23.5. The van der Waals surface area contributed by atoms with Gasteiger partial charge in [-0.25, -0.2) is 15.6 Å². The van der Waals surface area contributed by atoms with E-state index in [9.17, 15) is 9.90 Å². The van der Waals surface area contributed by atoms with Crippen LogP contribution < -0.4 is 22.8 Å². The third-order valence-electron chi connectivity index (χ3n) is 4.02. The number of nitrogen functional groups attached to an aromatic ring is 1. The number of hydrazine groups is 1. The second-order valence-corrected chi connectivity index (χ2v) is 6.04. The Labute approximate surface area is 157 Å². The summed E-state index contributed by atoms with van der Waals surface area (Å²) in [6, 6.07) is 0. The van der Waals surface area contributed by atoms with E-state index in [1.165, 1.54) is 6.33 Å². The average molecular weight is 400 g/mol. The van der Waals surface area contributed by atoms with Crippen molar-refractivity contribution in [3.8, 4) is 0 Å². The van der Waals surface area contributed by atoms with Gasteiger partial charge in [-0.1, -0.05) is 0 Å². The van der Waals surface area contributed by atoms with E-state index < -0.39 is 12.1 Å². The zero-order chi connectivity index (χ0) is 19.6. The van der Waals surface area contributed by atoms with Crippen LogP contribution in [0.5, 0.6) is 0 Å². The van der Waals surface area contributed by atoms with Crippen molar-refractivity contribution in [3.63, 3.8) is 0 Å². The maximum atomic E-state index is 11.3. The fourth-order valence-corrected chi connectivity index (χ4v) is 2.96. The molecular weight excluding hydrogens is 382 g/mol. The SMILES string of the molecule is N/N=C(\NN)C(OCC1CCC(n2cnc3c(N)nc(Cl)nc32)O1)C(=O)O. The van der Waals surface area contributed by atoms with Gasteiger partial charge in [-0.05, 0) is 24.4 Å². The summed E-state index contributed by atoms with van der Waals surface area (Å²) in [5, 5.41) is 12.5. The molecule has 2 aromatic heterocycles. The lowest BCUT2D eigenvalue weighted by atomic mass is 10.2. The van der Waals surface area contributed by atoms with Crippen LogP contribution in [-0.2, 0) is 14.3 Å². The molecule has 3 unspecified atom stereocenters. The summed E-state index contributed by atoms with van der Waals surface area (Å²) in [6.45, 7) is -0.00131. The maximum absolute atomic E-state index is 11.3.